The second-order valence-electron chi connectivity index (χ2n) is 11.0. The molecule has 2 amide bonds. The molecule has 178 valence electrons. The van der Waals surface area contributed by atoms with Gasteiger partial charge in [0.15, 0.2) is 0 Å². The van der Waals surface area contributed by atoms with Crippen molar-refractivity contribution >= 4 is 17.8 Å². The molecule has 4 rings (SSSR count). The van der Waals surface area contributed by atoms with Gasteiger partial charge in [-0.15, -0.1) is 0 Å². The van der Waals surface area contributed by atoms with Gasteiger partial charge in [-0.2, -0.15) is 5.10 Å². The maximum Gasteiger partial charge on any atom is 0.407 e. The average Bonchev–Trinajstić information content (AvgIpc) is 3.21. The molecule has 1 aliphatic heterocycles. The van der Waals surface area contributed by atoms with Gasteiger partial charge in [-0.1, -0.05) is 20.3 Å². The maximum absolute atomic E-state index is 13.0. The van der Waals surface area contributed by atoms with Crippen LogP contribution in [0.25, 0.3) is 11.3 Å². The number of rotatable bonds is 4. The largest absolute Gasteiger partial charge is 0.444 e. The lowest BCUT2D eigenvalue weighted by Crippen LogP contribution is -2.43. The van der Waals surface area contributed by atoms with Gasteiger partial charge in [0.1, 0.15) is 17.7 Å². The monoisotopic (exact) mass is 454 g/mol. The minimum absolute atomic E-state index is 0.0799. The van der Waals surface area contributed by atoms with Gasteiger partial charge in [-0.05, 0) is 51.9 Å². The second kappa shape index (κ2) is 8.76. The van der Waals surface area contributed by atoms with Crippen molar-refractivity contribution in [2.75, 3.05) is 5.32 Å². The highest BCUT2D eigenvalue weighted by atomic mass is 16.6. The van der Waals surface area contributed by atoms with E-state index in [-0.39, 0.29) is 23.3 Å². The predicted octanol–water partition coefficient (Wildman–Crippen LogP) is 3.94. The van der Waals surface area contributed by atoms with Crippen LogP contribution in [0.1, 0.15) is 66.0 Å². The molecule has 2 aliphatic rings. The van der Waals surface area contributed by atoms with Crippen molar-refractivity contribution in [3.05, 3.63) is 24.3 Å². The number of anilines is 1. The Balaban J connectivity index is 1.39. The van der Waals surface area contributed by atoms with Crippen molar-refractivity contribution in [3.63, 3.8) is 0 Å². The van der Waals surface area contributed by atoms with Crippen LogP contribution in [0.2, 0.25) is 0 Å². The topological polar surface area (TPSA) is 111 Å². The summed E-state index contributed by atoms with van der Waals surface area (Å²) in [5.74, 6) is 0.194. The van der Waals surface area contributed by atoms with Crippen LogP contribution in [0.4, 0.5) is 10.6 Å². The first-order chi connectivity index (χ1) is 15.5. The Morgan fingerprint density at radius 1 is 1.21 bits per heavy atom. The number of ether oxygens (including phenoxy) is 1. The first-order valence-electron chi connectivity index (χ1n) is 11.7. The van der Waals surface area contributed by atoms with E-state index in [1.807, 2.05) is 31.6 Å². The van der Waals surface area contributed by atoms with Gasteiger partial charge in [-0.3, -0.25) is 9.48 Å². The van der Waals surface area contributed by atoms with Crippen LogP contribution in [0, 0.1) is 11.3 Å². The Labute approximate surface area is 194 Å². The van der Waals surface area contributed by atoms with Crippen LogP contribution in [0.15, 0.2) is 18.6 Å². The number of amides is 2. The first-order valence-corrected chi connectivity index (χ1v) is 11.7. The summed E-state index contributed by atoms with van der Waals surface area (Å²) in [5, 5.41) is 10.4. The molecule has 0 bridgehead atoms. The molecule has 9 nitrogen and oxygen atoms in total. The lowest BCUT2D eigenvalue weighted by molar-refractivity contribution is -0.121. The van der Waals surface area contributed by atoms with Crippen LogP contribution >= 0.6 is 0 Å². The Bertz CT molecular complexity index is 1040. The minimum atomic E-state index is -0.550. The highest BCUT2D eigenvalue weighted by Gasteiger charge is 2.32. The van der Waals surface area contributed by atoms with Crippen molar-refractivity contribution in [1.29, 1.82) is 0 Å². The molecule has 0 unspecified atom stereocenters. The molecule has 2 aromatic rings. The van der Waals surface area contributed by atoms with E-state index in [2.05, 4.69) is 39.5 Å². The van der Waals surface area contributed by atoms with E-state index in [4.69, 9.17) is 4.74 Å². The van der Waals surface area contributed by atoms with Gasteiger partial charge in [0, 0.05) is 35.8 Å². The normalized spacial score (nSPS) is 21.8. The van der Waals surface area contributed by atoms with Crippen molar-refractivity contribution in [3.8, 4) is 11.3 Å². The van der Waals surface area contributed by atoms with Gasteiger partial charge >= 0.3 is 6.09 Å². The summed E-state index contributed by atoms with van der Waals surface area (Å²) < 4.78 is 7.39. The molecule has 1 fully saturated rings. The highest BCUT2D eigenvalue weighted by Crippen LogP contribution is 2.36. The second-order valence-corrected chi connectivity index (χ2v) is 11.0. The number of nitrogens with one attached hydrogen (secondary N) is 2. The third-order valence-electron chi connectivity index (χ3n) is 6.13. The Morgan fingerprint density at radius 3 is 2.76 bits per heavy atom. The van der Waals surface area contributed by atoms with Crippen LogP contribution in [-0.4, -0.2) is 43.4 Å². The lowest BCUT2D eigenvalue weighted by atomic mass is 9.85. The molecule has 2 N–H and O–H groups in total. The van der Waals surface area contributed by atoms with E-state index in [0.29, 0.717) is 12.2 Å². The molecule has 1 saturated carbocycles. The smallest absolute Gasteiger partial charge is 0.407 e. The summed E-state index contributed by atoms with van der Waals surface area (Å²) in [6.07, 6.45) is 6.87. The number of carbonyl (C=O) groups is 2. The van der Waals surface area contributed by atoms with E-state index < -0.39 is 11.7 Å². The van der Waals surface area contributed by atoms with Crippen LogP contribution in [0.5, 0.6) is 0 Å². The van der Waals surface area contributed by atoms with Gasteiger partial charge in [0.05, 0.1) is 11.9 Å². The van der Waals surface area contributed by atoms with Gasteiger partial charge in [-0.25, -0.2) is 14.8 Å². The molecule has 1 aliphatic carbocycles. The van der Waals surface area contributed by atoms with Crippen molar-refractivity contribution in [2.45, 2.75) is 84.9 Å². The van der Waals surface area contributed by atoms with E-state index in [0.717, 1.165) is 43.5 Å². The number of fused-ring (bicyclic) bond motifs is 1. The molecule has 3 heterocycles. The van der Waals surface area contributed by atoms with Crippen LogP contribution in [-0.2, 0) is 22.5 Å². The number of hydrogen-bond donors (Lipinski definition) is 2. The summed E-state index contributed by atoms with van der Waals surface area (Å²) in [5.41, 5.74) is 2.53. The standard InChI is InChI=1S/C24H34N6O3/c1-23(2,3)33-22(32)28-16-8-6-7-15(9-16)21(31)29-20-10-18(25-14-26-20)17-12-27-30-13-24(4,5)11-19(17)30/h10,12,14-16H,6-9,11,13H2,1-5H3,(H,28,32)(H,25,26,29,31)/t15-,16+/m0/s1. The summed E-state index contributed by atoms with van der Waals surface area (Å²) in [6, 6.07) is 1.73. The van der Waals surface area contributed by atoms with Gasteiger partial charge < -0.3 is 15.4 Å². The molecule has 0 aromatic carbocycles. The zero-order chi connectivity index (χ0) is 23.8. The number of nitrogens with zero attached hydrogens (tertiary/aromatic N) is 4. The average molecular weight is 455 g/mol. The van der Waals surface area contributed by atoms with Gasteiger partial charge in [0.2, 0.25) is 5.91 Å². The fourth-order valence-corrected chi connectivity index (χ4v) is 4.70. The summed E-state index contributed by atoms with van der Waals surface area (Å²) in [7, 11) is 0. The van der Waals surface area contributed by atoms with Crippen molar-refractivity contribution in [1.82, 2.24) is 25.1 Å². The fraction of sp³-hybridized carbons (Fsp3) is 0.625. The lowest BCUT2D eigenvalue weighted by Gasteiger charge is -2.30. The molecular weight excluding hydrogens is 420 g/mol. The number of hydrogen-bond acceptors (Lipinski definition) is 6. The molecular formula is C24H34N6O3. The van der Waals surface area contributed by atoms with E-state index >= 15 is 0 Å². The number of carbonyl (C=O) groups excluding carboxylic acids is 2. The van der Waals surface area contributed by atoms with Crippen LogP contribution in [0.3, 0.4) is 0 Å². The molecule has 33 heavy (non-hydrogen) atoms. The highest BCUT2D eigenvalue weighted by molar-refractivity contribution is 5.92. The Hall–Kier alpha value is -2.97. The third-order valence-corrected chi connectivity index (χ3v) is 6.13. The molecule has 2 aromatic heterocycles. The van der Waals surface area contributed by atoms with Gasteiger partial charge in [0.25, 0.3) is 0 Å². The summed E-state index contributed by atoms with van der Waals surface area (Å²) in [4.78, 5) is 33.8. The Morgan fingerprint density at radius 2 is 2.00 bits per heavy atom. The summed E-state index contributed by atoms with van der Waals surface area (Å²) in [6.45, 7) is 10.8. The molecule has 0 radical (unpaired) electrons. The van der Waals surface area contributed by atoms with Crippen molar-refractivity contribution < 1.29 is 14.3 Å². The zero-order valence-electron chi connectivity index (χ0n) is 20.1. The quantitative estimate of drug-likeness (QED) is 0.724. The molecule has 0 spiro atoms. The number of alkyl carbamates (subject to hydrolysis) is 1. The molecule has 2 atom stereocenters. The van der Waals surface area contributed by atoms with E-state index in [1.165, 1.54) is 12.0 Å². The molecule has 9 heteroatoms. The molecule has 0 saturated heterocycles. The van der Waals surface area contributed by atoms with Crippen LogP contribution < -0.4 is 10.6 Å². The summed E-state index contributed by atoms with van der Waals surface area (Å²) >= 11 is 0. The Kier molecular flexibility index (Phi) is 6.16. The minimum Gasteiger partial charge on any atom is -0.444 e. The zero-order valence-corrected chi connectivity index (χ0v) is 20.1. The first kappa shape index (κ1) is 23.2. The predicted molar refractivity (Wildman–Crippen MR) is 124 cm³/mol. The van der Waals surface area contributed by atoms with E-state index in [9.17, 15) is 9.59 Å². The van der Waals surface area contributed by atoms with E-state index in [1.54, 1.807) is 6.07 Å². The maximum atomic E-state index is 13.0. The SMILES string of the molecule is CC1(C)Cc2c(-c3cc(NC(=O)[C@H]4CCC[C@@H](NC(=O)OC(C)(C)C)C4)ncn3)cnn2C1. The van der Waals surface area contributed by atoms with Crippen molar-refractivity contribution in [2.24, 2.45) is 11.3 Å². The number of aromatic nitrogens is 4. The fourth-order valence-electron chi connectivity index (χ4n) is 4.70. The third kappa shape index (κ3) is 5.69.